The lowest BCUT2D eigenvalue weighted by atomic mass is 10.1. The van der Waals surface area contributed by atoms with Crippen LogP contribution in [0.4, 0.5) is 8.78 Å². The first kappa shape index (κ1) is 12.8. The summed E-state index contributed by atoms with van der Waals surface area (Å²) in [5.74, 6) is -1.07. The average molecular weight is 225 g/mol. The Morgan fingerprint density at radius 1 is 1.44 bits per heavy atom. The summed E-state index contributed by atoms with van der Waals surface area (Å²) in [7, 11) is 0. The first-order valence-electron chi connectivity index (χ1n) is 5.41. The first-order valence-corrected chi connectivity index (χ1v) is 5.41. The lowest BCUT2D eigenvalue weighted by molar-refractivity contribution is 0.581. The Morgan fingerprint density at radius 3 is 2.69 bits per heavy atom. The molecular weight excluding hydrogens is 208 g/mol. The normalized spacial score (nSPS) is 13.9. The van der Waals surface area contributed by atoms with Gasteiger partial charge in [-0.05, 0) is 32.5 Å². The maximum absolute atomic E-state index is 13.4. The molecule has 0 heterocycles. The Labute approximate surface area is 95.2 Å². The third-order valence-electron chi connectivity index (χ3n) is 2.54. The molecule has 0 aliphatic heterocycles. The fourth-order valence-electron chi connectivity index (χ4n) is 1.46. The molecule has 0 aromatic heterocycles. The SMILES string of the molecule is CCNC(C)/C(C)=C/c1ccc(F)cc1F. The Balaban J connectivity index is 2.89. The molecule has 1 nitrogen and oxygen atoms in total. The second-order valence-electron chi connectivity index (χ2n) is 3.83. The molecule has 1 N–H and O–H groups in total. The van der Waals surface area contributed by atoms with Crippen LogP contribution >= 0.6 is 0 Å². The zero-order valence-electron chi connectivity index (χ0n) is 9.85. The fourth-order valence-corrected chi connectivity index (χ4v) is 1.46. The second kappa shape index (κ2) is 5.75. The molecule has 3 heteroatoms. The molecule has 0 saturated heterocycles. The topological polar surface area (TPSA) is 12.0 Å². The summed E-state index contributed by atoms with van der Waals surface area (Å²) in [5, 5.41) is 3.23. The smallest absolute Gasteiger partial charge is 0.133 e. The second-order valence-corrected chi connectivity index (χ2v) is 3.83. The van der Waals surface area contributed by atoms with Crippen LogP contribution in [0, 0.1) is 11.6 Å². The molecule has 1 aromatic carbocycles. The Bertz CT molecular complexity index is 386. The molecule has 0 radical (unpaired) electrons. The number of likely N-dealkylation sites (N-methyl/N-ethyl adjacent to an activating group) is 1. The lowest BCUT2D eigenvalue weighted by Crippen LogP contribution is -2.26. The van der Waals surface area contributed by atoms with Gasteiger partial charge in [0, 0.05) is 17.7 Å². The number of hydrogen-bond acceptors (Lipinski definition) is 1. The highest BCUT2D eigenvalue weighted by atomic mass is 19.1. The van der Waals surface area contributed by atoms with Crippen molar-refractivity contribution in [3.63, 3.8) is 0 Å². The van der Waals surface area contributed by atoms with E-state index in [1.807, 2.05) is 20.8 Å². The molecule has 1 rings (SSSR count). The van der Waals surface area contributed by atoms with Gasteiger partial charge in [0.2, 0.25) is 0 Å². The molecular formula is C13H17F2N. The number of hydrogen-bond donors (Lipinski definition) is 1. The standard InChI is InChI=1S/C13H17F2N/c1-4-16-10(3)9(2)7-11-5-6-12(14)8-13(11)15/h5-8,10,16H,4H2,1-3H3/b9-7+. The zero-order chi connectivity index (χ0) is 12.1. The summed E-state index contributed by atoms with van der Waals surface area (Å²) >= 11 is 0. The van der Waals surface area contributed by atoms with Gasteiger partial charge in [-0.15, -0.1) is 0 Å². The van der Waals surface area contributed by atoms with Crippen LogP contribution in [-0.2, 0) is 0 Å². The molecule has 0 saturated carbocycles. The summed E-state index contributed by atoms with van der Waals surface area (Å²) in [5.41, 5.74) is 1.44. The Morgan fingerprint density at radius 2 is 2.12 bits per heavy atom. The molecule has 1 atom stereocenters. The summed E-state index contributed by atoms with van der Waals surface area (Å²) in [6, 6.07) is 3.80. The maximum Gasteiger partial charge on any atom is 0.133 e. The van der Waals surface area contributed by atoms with Crippen LogP contribution in [0.1, 0.15) is 26.3 Å². The van der Waals surface area contributed by atoms with E-state index in [9.17, 15) is 8.78 Å². The molecule has 1 unspecified atom stereocenters. The van der Waals surface area contributed by atoms with Gasteiger partial charge >= 0.3 is 0 Å². The first-order chi connectivity index (χ1) is 7.54. The minimum atomic E-state index is -0.549. The molecule has 16 heavy (non-hydrogen) atoms. The van der Waals surface area contributed by atoms with Crippen LogP contribution in [0.25, 0.3) is 6.08 Å². The highest BCUT2D eigenvalue weighted by Gasteiger charge is 2.05. The van der Waals surface area contributed by atoms with E-state index >= 15 is 0 Å². The Kier molecular flexibility index (Phi) is 4.62. The van der Waals surface area contributed by atoms with Gasteiger partial charge in [-0.2, -0.15) is 0 Å². The van der Waals surface area contributed by atoms with Gasteiger partial charge in [0.05, 0.1) is 0 Å². The number of benzene rings is 1. The van der Waals surface area contributed by atoms with Gasteiger partial charge in [0.25, 0.3) is 0 Å². The number of rotatable bonds is 4. The van der Waals surface area contributed by atoms with Crippen molar-refractivity contribution >= 4 is 6.08 Å². The van der Waals surface area contributed by atoms with E-state index in [2.05, 4.69) is 5.32 Å². The van der Waals surface area contributed by atoms with Crippen molar-refractivity contribution < 1.29 is 8.78 Å². The van der Waals surface area contributed by atoms with Crippen LogP contribution < -0.4 is 5.32 Å². The van der Waals surface area contributed by atoms with E-state index < -0.39 is 11.6 Å². The number of nitrogens with one attached hydrogen (secondary N) is 1. The molecule has 1 aromatic rings. The van der Waals surface area contributed by atoms with E-state index in [1.54, 1.807) is 6.08 Å². The van der Waals surface area contributed by atoms with Crippen molar-refractivity contribution in [2.45, 2.75) is 26.8 Å². The van der Waals surface area contributed by atoms with Gasteiger partial charge < -0.3 is 5.32 Å². The monoisotopic (exact) mass is 225 g/mol. The molecule has 88 valence electrons. The van der Waals surface area contributed by atoms with Gasteiger partial charge in [-0.3, -0.25) is 0 Å². The zero-order valence-corrected chi connectivity index (χ0v) is 9.85. The highest BCUT2D eigenvalue weighted by molar-refractivity contribution is 5.54. The van der Waals surface area contributed by atoms with Gasteiger partial charge in [0.1, 0.15) is 11.6 Å². The fraction of sp³-hybridized carbons (Fsp3) is 0.385. The summed E-state index contributed by atoms with van der Waals surface area (Å²) in [6.07, 6.45) is 1.74. The predicted octanol–water partition coefficient (Wildman–Crippen LogP) is 3.37. The third kappa shape index (κ3) is 3.42. The summed E-state index contributed by atoms with van der Waals surface area (Å²) < 4.78 is 26.0. The molecule has 0 bridgehead atoms. The molecule has 0 spiro atoms. The molecule has 0 fully saturated rings. The molecule has 0 amide bonds. The lowest BCUT2D eigenvalue weighted by Gasteiger charge is -2.13. The van der Waals surface area contributed by atoms with Crippen molar-refractivity contribution in [1.29, 1.82) is 0 Å². The van der Waals surface area contributed by atoms with E-state index in [4.69, 9.17) is 0 Å². The quantitative estimate of drug-likeness (QED) is 0.828. The third-order valence-corrected chi connectivity index (χ3v) is 2.54. The van der Waals surface area contributed by atoms with Gasteiger partial charge in [0.15, 0.2) is 0 Å². The van der Waals surface area contributed by atoms with Gasteiger partial charge in [-0.25, -0.2) is 8.78 Å². The van der Waals surface area contributed by atoms with Crippen LogP contribution in [0.15, 0.2) is 23.8 Å². The average Bonchev–Trinajstić information content (AvgIpc) is 2.22. The highest BCUT2D eigenvalue weighted by Crippen LogP contribution is 2.14. The van der Waals surface area contributed by atoms with Crippen LogP contribution in [0.3, 0.4) is 0 Å². The van der Waals surface area contributed by atoms with Crippen molar-refractivity contribution in [3.05, 3.63) is 41.0 Å². The van der Waals surface area contributed by atoms with Crippen molar-refractivity contribution in [2.24, 2.45) is 0 Å². The van der Waals surface area contributed by atoms with Crippen molar-refractivity contribution in [3.8, 4) is 0 Å². The van der Waals surface area contributed by atoms with E-state index in [0.29, 0.717) is 5.56 Å². The number of halogens is 2. The van der Waals surface area contributed by atoms with Crippen LogP contribution in [0.2, 0.25) is 0 Å². The summed E-state index contributed by atoms with van der Waals surface area (Å²) in [6.45, 7) is 6.81. The van der Waals surface area contributed by atoms with E-state index in [1.165, 1.54) is 12.1 Å². The van der Waals surface area contributed by atoms with Gasteiger partial charge in [-0.1, -0.05) is 18.6 Å². The largest absolute Gasteiger partial charge is 0.311 e. The van der Waals surface area contributed by atoms with Crippen LogP contribution in [-0.4, -0.2) is 12.6 Å². The molecule has 0 aliphatic rings. The van der Waals surface area contributed by atoms with Crippen molar-refractivity contribution in [2.75, 3.05) is 6.54 Å². The predicted molar refractivity (Wildman–Crippen MR) is 63.1 cm³/mol. The van der Waals surface area contributed by atoms with Crippen molar-refractivity contribution in [1.82, 2.24) is 5.32 Å². The van der Waals surface area contributed by atoms with Crippen LogP contribution in [0.5, 0.6) is 0 Å². The minimum absolute atomic E-state index is 0.189. The van der Waals surface area contributed by atoms with E-state index in [-0.39, 0.29) is 6.04 Å². The summed E-state index contributed by atoms with van der Waals surface area (Å²) in [4.78, 5) is 0. The molecule has 0 aliphatic carbocycles. The Hall–Kier alpha value is -1.22. The minimum Gasteiger partial charge on any atom is -0.311 e. The maximum atomic E-state index is 13.4. The van der Waals surface area contributed by atoms with E-state index in [0.717, 1.165) is 18.2 Å².